The summed E-state index contributed by atoms with van der Waals surface area (Å²) in [5.41, 5.74) is 3.92. The molecule has 3 saturated carbocycles. The molecule has 2 heteroatoms. The van der Waals surface area contributed by atoms with E-state index in [1.807, 2.05) is 0 Å². The Morgan fingerprint density at radius 2 is 1.96 bits per heavy atom. The third-order valence-electron chi connectivity index (χ3n) is 8.01. The van der Waals surface area contributed by atoms with Crippen molar-refractivity contribution < 1.29 is 10.2 Å². The molecule has 0 saturated heterocycles. The van der Waals surface area contributed by atoms with E-state index in [0.717, 1.165) is 28.9 Å². The third-order valence-corrected chi connectivity index (χ3v) is 8.01. The fourth-order valence-electron chi connectivity index (χ4n) is 6.23. The second-order valence-corrected chi connectivity index (χ2v) is 10.4. The Bertz CT molecular complexity index is 614. The van der Waals surface area contributed by atoms with Crippen LogP contribution >= 0.6 is 0 Å². The number of allylic oxidation sites excluding steroid dienone is 3. The van der Waals surface area contributed by atoms with Gasteiger partial charge in [0.25, 0.3) is 0 Å². The lowest BCUT2D eigenvalue weighted by Gasteiger charge is -2.42. The van der Waals surface area contributed by atoms with Crippen molar-refractivity contribution in [2.24, 2.45) is 23.2 Å². The molecule has 0 heterocycles. The maximum Gasteiger partial charge on any atom is 0.0811 e. The van der Waals surface area contributed by atoms with Gasteiger partial charge in [-0.25, -0.2) is 0 Å². The van der Waals surface area contributed by atoms with Gasteiger partial charge in [0.1, 0.15) is 0 Å². The third kappa shape index (κ3) is 4.82. The van der Waals surface area contributed by atoms with Gasteiger partial charge in [-0.3, -0.25) is 0 Å². The Labute approximate surface area is 172 Å². The molecule has 0 aromatic carbocycles. The first kappa shape index (κ1) is 21.8. The Morgan fingerprint density at radius 3 is 2.71 bits per heavy atom. The molecule has 0 aromatic heterocycles. The van der Waals surface area contributed by atoms with Crippen LogP contribution in [0.3, 0.4) is 0 Å². The van der Waals surface area contributed by atoms with E-state index in [1.54, 1.807) is 5.57 Å². The molecule has 0 bridgehead atoms. The van der Waals surface area contributed by atoms with E-state index in [1.165, 1.54) is 57.8 Å². The predicted molar refractivity (Wildman–Crippen MR) is 118 cm³/mol. The van der Waals surface area contributed by atoms with Gasteiger partial charge in [-0.15, -0.1) is 0 Å². The minimum atomic E-state index is -0.591. The molecule has 3 fully saturated rings. The van der Waals surface area contributed by atoms with Gasteiger partial charge >= 0.3 is 0 Å². The minimum absolute atomic E-state index is 0.423. The summed E-state index contributed by atoms with van der Waals surface area (Å²) >= 11 is 0. The van der Waals surface area contributed by atoms with Crippen LogP contribution in [0.5, 0.6) is 0 Å². The number of aliphatic hydroxyl groups excluding tert-OH is 2. The topological polar surface area (TPSA) is 40.5 Å². The van der Waals surface area contributed by atoms with Crippen molar-refractivity contribution in [3.63, 3.8) is 0 Å². The van der Waals surface area contributed by atoms with Crippen LogP contribution in [0, 0.1) is 23.2 Å². The molecule has 158 valence electrons. The summed E-state index contributed by atoms with van der Waals surface area (Å²) in [6.45, 7) is 11.3. The molecule has 3 aliphatic rings. The first-order valence-electron chi connectivity index (χ1n) is 11.8. The number of fused-ring (bicyclic) bond motifs is 1. The fraction of sp³-hybridized carbons (Fsp3) is 0.769. The van der Waals surface area contributed by atoms with E-state index < -0.39 is 12.2 Å². The average Bonchev–Trinajstić information content (AvgIpc) is 2.97. The van der Waals surface area contributed by atoms with E-state index in [0.29, 0.717) is 18.3 Å². The second kappa shape index (κ2) is 9.30. The zero-order valence-electron chi connectivity index (χ0n) is 18.4. The molecule has 2 unspecified atom stereocenters. The van der Waals surface area contributed by atoms with Crippen LogP contribution in [0.4, 0.5) is 0 Å². The van der Waals surface area contributed by atoms with Crippen LogP contribution in [-0.4, -0.2) is 22.4 Å². The number of rotatable bonds is 6. The molecule has 2 nitrogen and oxygen atoms in total. The van der Waals surface area contributed by atoms with Gasteiger partial charge in [0.2, 0.25) is 0 Å². The van der Waals surface area contributed by atoms with E-state index in [-0.39, 0.29) is 0 Å². The quantitative estimate of drug-likeness (QED) is 0.523. The van der Waals surface area contributed by atoms with Crippen LogP contribution in [0.15, 0.2) is 35.5 Å². The maximum absolute atomic E-state index is 10.1. The van der Waals surface area contributed by atoms with Gasteiger partial charge in [-0.05, 0) is 79.3 Å². The predicted octanol–water partition coefficient (Wildman–Crippen LogP) is 6.34. The van der Waals surface area contributed by atoms with Gasteiger partial charge in [-0.1, -0.05) is 64.3 Å². The van der Waals surface area contributed by atoms with Crippen LogP contribution in [-0.2, 0) is 0 Å². The normalized spacial score (nSPS) is 39.1. The fourth-order valence-corrected chi connectivity index (χ4v) is 6.23. The monoisotopic (exact) mass is 386 g/mol. The number of unbranched alkanes of at least 4 members (excludes halogenated alkanes) is 1. The lowest BCUT2D eigenvalue weighted by atomic mass is 9.62. The zero-order valence-corrected chi connectivity index (χ0v) is 18.4. The second-order valence-electron chi connectivity index (χ2n) is 10.4. The van der Waals surface area contributed by atoms with Crippen molar-refractivity contribution in [1.82, 2.24) is 0 Å². The van der Waals surface area contributed by atoms with Gasteiger partial charge in [0.15, 0.2) is 0 Å². The van der Waals surface area contributed by atoms with E-state index in [2.05, 4.69) is 39.5 Å². The molecular weight excluding hydrogens is 344 g/mol. The molecular formula is C26H42O2. The Kier molecular flexibility index (Phi) is 7.26. The lowest BCUT2D eigenvalue weighted by Crippen LogP contribution is -2.33. The van der Waals surface area contributed by atoms with Crippen molar-refractivity contribution in [2.45, 2.75) is 104 Å². The maximum atomic E-state index is 10.1. The summed E-state index contributed by atoms with van der Waals surface area (Å²) in [6.07, 6.45) is 16.7. The number of hydrogen-bond acceptors (Lipinski definition) is 2. The highest BCUT2D eigenvalue weighted by Crippen LogP contribution is 2.58. The highest BCUT2D eigenvalue weighted by molar-refractivity contribution is 5.38. The summed E-state index contributed by atoms with van der Waals surface area (Å²) in [6, 6.07) is 0. The van der Waals surface area contributed by atoms with Crippen LogP contribution in [0.25, 0.3) is 0 Å². The van der Waals surface area contributed by atoms with Gasteiger partial charge in [0, 0.05) is 6.42 Å². The molecule has 3 rings (SSSR count). The first-order valence-corrected chi connectivity index (χ1v) is 11.8. The molecule has 0 spiro atoms. The molecule has 28 heavy (non-hydrogen) atoms. The molecule has 5 atom stereocenters. The molecule has 0 aromatic rings. The summed E-state index contributed by atoms with van der Waals surface area (Å²) in [5, 5.41) is 20.1. The van der Waals surface area contributed by atoms with Gasteiger partial charge in [-0.2, -0.15) is 0 Å². The summed E-state index contributed by atoms with van der Waals surface area (Å²) in [4.78, 5) is 0. The summed E-state index contributed by atoms with van der Waals surface area (Å²) in [5.74, 6) is 2.44. The SMILES string of the molecule is C=C1/C(=C\C=C2/CCC[C@]3(C)C(CCCCC(C)C)CCC23)C[C@H](O)C[C@@H]1O. The smallest absolute Gasteiger partial charge is 0.0811 e. The van der Waals surface area contributed by atoms with Crippen LogP contribution < -0.4 is 0 Å². The lowest BCUT2D eigenvalue weighted by molar-refractivity contribution is 0.0862. The Balaban J connectivity index is 1.67. The number of hydrogen-bond donors (Lipinski definition) is 2. The van der Waals surface area contributed by atoms with Crippen molar-refractivity contribution in [3.05, 3.63) is 35.5 Å². The number of aliphatic hydroxyl groups is 2. The Hall–Kier alpha value is -0.860. The van der Waals surface area contributed by atoms with Crippen molar-refractivity contribution in [3.8, 4) is 0 Å². The largest absolute Gasteiger partial charge is 0.393 e. The van der Waals surface area contributed by atoms with Crippen LogP contribution in [0.1, 0.15) is 91.4 Å². The zero-order chi connectivity index (χ0) is 20.3. The molecule has 0 radical (unpaired) electrons. The molecule has 0 amide bonds. The summed E-state index contributed by atoms with van der Waals surface area (Å²) < 4.78 is 0. The summed E-state index contributed by atoms with van der Waals surface area (Å²) in [7, 11) is 0. The van der Waals surface area contributed by atoms with Crippen molar-refractivity contribution in [2.75, 3.05) is 0 Å². The average molecular weight is 387 g/mol. The van der Waals surface area contributed by atoms with Gasteiger partial charge < -0.3 is 10.2 Å². The van der Waals surface area contributed by atoms with E-state index >= 15 is 0 Å². The van der Waals surface area contributed by atoms with E-state index in [9.17, 15) is 10.2 Å². The molecule has 3 aliphatic carbocycles. The minimum Gasteiger partial charge on any atom is -0.393 e. The van der Waals surface area contributed by atoms with Gasteiger partial charge in [0.05, 0.1) is 12.2 Å². The Morgan fingerprint density at radius 1 is 1.18 bits per heavy atom. The standard InChI is InChI=1S/C26H42O2/c1-18(2)8-5-6-10-22-13-14-24-20(9-7-15-26(22,24)4)11-12-21-16-23(27)17-25(28)19(21)3/h11-12,18,22-25,27-28H,3,5-10,13-17H2,1-2,4H3/b20-11+,21-12-/t22?,23-,24?,25-,26+/m0/s1. The highest BCUT2D eigenvalue weighted by Gasteiger charge is 2.48. The molecule has 2 N–H and O–H groups in total. The molecule has 0 aliphatic heterocycles. The van der Waals surface area contributed by atoms with Crippen molar-refractivity contribution >= 4 is 0 Å². The highest BCUT2D eigenvalue weighted by atomic mass is 16.3. The first-order chi connectivity index (χ1) is 13.3. The van der Waals surface area contributed by atoms with E-state index in [4.69, 9.17) is 0 Å². The van der Waals surface area contributed by atoms with Crippen molar-refractivity contribution in [1.29, 1.82) is 0 Å². The van der Waals surface area contributed by atoms with Crippen LogP contribution in [0.2, 0.25) is 0 Å².